The number of benzene rings is 2. The van der Waals surface area contributed by atoms with E-state index in [9.17, 15) is 0 Å². The third-order valence-electron chi connectivity index (χ3n) is 4.84. The van der Waals surface area contributed by atoms with E-state index in [0.29, 0.717) is 0 Å². The van der Waals surface area contributed by atoms with Crippen molar-refractivity contribution in [3.8, 4) is 0 Å². The molecule has 1 atom stereocenters. The van der Waals surface area contributed by atoms with E-state index >= 15 is 0 Å². The molecule has 0 amide bonds. The molecule has 2 aromatic rings. The average molecular weight is 265 g/mol. The summed E-state index contributed by atoms with van der Waals surface area (Å²) in [5.41, 5.74) is 14.6. The fraction of sp³-hybridized carbons (Fsp3) is 0.368. The second-order valence-electron chi connectivity index (χ2n) is 6.23. The molecule has 1 aliphatic carbocycles. The third kappa shape index (κ3) is 1.97. The van der Waals surface area contributed by atoms with Gasteiger partial charge in [-0.15, -0.1) is 0 Å². The maximum atomic E-state index is 6.91. The Bertz CT molecular complexity index is 657. The minimum atomic E-state index is -0.322. The molecule has 1 nitrogen and oxygen atoms in total. The summed E-state index contributed by atoms with van der Waals surface area (Å²) in [7, 11) is 0. The van der Waals surface area contributed by atoms with Crippen molar-refractivity contribution in [3.05, 3.63) is 69.8 Å². The van der Waals surface area contributed by atoms with Crippen LogP contribution in [0.3, 0.4) is 0 Å². The Balaban J connectivity index is 2.22. The number of hydrogen-bond donors (Lipinski definition) is 1. The number of nitrogens with two attached hydrogens (primary N) is 1. The van der Waals surface area contributed by atoms with Crippen molar-refractivity contribution in [2.75, 3.05) is 0 Å². The fourth-order valence-corrected chi connectivity index (χ4v) is 3.59. The second-order valence-corrected chi connectivity index (χ2v) is 6.23. The molecule has 20 heavy (non-hydrogen) atoms. The molecule has 0 saturated carbocycles. The van der Waals surface area contributed by atoms with Crippen molar-refractivity contribution >= 4 is 0 Å². The molecule has 0 heterocycles. The first-order valence-corrected chi connectivity index (χ1v) is 7.48. The Morgan fingerprint density at radius 3 is 2.40 bits per heavy atom. The van der Waals surface area contributed by atoms with Crippen LogP contribution in [0.15, 0.2) is 36.4 Å². The lowest BCUT2D eigenvalue weighted by atomic mass is 9.71. The van der Waals surface area contributed by atoms with Crippen LogP contribution >= 0.6 is 0 Å². The SMILES string of the molecule is Cc1cc(C)c(C2(N)CCCc3ccccc32)cc1C. The molecule has 1 heteroatoms. The Kier molecular flexibility index (Phi) is 3.18. The number of aryl methyl sites for hydroxylation is 4. The average Bonchev–Trinajstić information content (AvgIpc) is 2.43. The first kappa shape index (κ1) is 13.4. The zero-order valence-corrected chi connectivity index (χ0v) is 12.7. The van der Waals surface area contributed by atoms with Crippen LogP contribution in [0.5, 0.6) is 0 Å². The van der Waals surface area contributed by atoms with Gasteiger partial charge in [-0.25, -0.2) is 0 Å². The van der Waals surface area contributed by atoms with Gasteiger partial charge in [0.05, 0.1) is 5.54 Å². The van der Waals surface area contributed by atoms with Gasteiger partial charge in [-0.3, -0.25) is 0 Å². The quantitative estimate of drug-likeness (QED) is 0.823. The predicted octanol–water partition coefficient (Wildman–Crippen LogP) is 4.15. The molecular formula is C19H23N. The highest BCUT2D eigenvalue weighted by molar-refractivity contribution is 5.49. The summed E-state index contributed by atoms with van der Waals surface area (Å²) in [4.78, 5) is 0. The van der Waals surface area contributed by atoms with Gasteiger partial charge in [0.1, 0.15) is 0 Å². The van der Waals surface area contributed by atoms with Crippen LogP contribution in [0.4, 0.5) is 0 Å². The molecule has 1 aliphatic rings. The van der Waals surface area contributed by atoms with Gasteiger partial charge in [-0.1, -0.05) is 36.4 Å². The largest absolute Gasteiger partial charge is 0.318 e. The zero-order chi connectivity index (χ0) is 14.3. The molecule has 3 rings (SSSR count). The third-order valence-corrected chi connectivity index (χ3v) is 4.84. The topological polar surface area (TPSA) is 26.0 Å². The minimum Gasteiger partial charge on any atom is -0.318 e. The summed E-state index contributed by atoms with van der Waals surface area (Å²) in [6.45, 7) is 6.54. The van der Waals surface area contributed by atoms with Crippen LogP contribution in [0, 0.1) is 20.8 Å². The summed E-state index contributed by atoms with van der Waals surface area (Å²) in [5, 5.41) is 0. The second kappa shape index (κ2) is 4.75. The van der Waals surface area contributed by atoms with Crippen LogP contribution in [0.25, 0.3) is 0 Å². The van der Waals surface area contributed by atoms with Crippen molar-refractivity contribution in [1.82, 2.24) is 0 Å². The van der Waals surface area contributed by atoms with Crippen molar-refractivity contribution in [2.24, 2.45) is 5.73 Å². The summed E-state index contributed by atoms with van der Waals surface area (Å²) in [6.07, 6.45) is 3.35. The number of hydrogen-bond acceptors (Lipinski definition) is 1. The normalized spacial score (nSPS) is 21.6. The van der Waals surface area contributed by atoms with E-state index < -0.39 is 0 Å². The fourth-order valence-electron chi connectivity index (χ4n) is 3.59. The van der Waals surface area contributed by atoms with Crippen LogP contribution < -0.4 is 5.73 Å². The predicted molar refractivity (Wildman–Crippen MR) is 85.0 cm³/mol. The van der Waals surface area contributed by atoms with E-state index in [1.165, 1.54) is 39.8 Å². The van der Waals surface area contributed by atoms with Gasteiger partial charge in [0.25, 0.3) is 0 Å². The molecule has 104 valence electrons. The van der Waals surface area contributed by atoms with Gasteiger partial charge in [0.2, 0.25) is 0 Å². The lowest BCUT2D eigenvalue weighted by Gasteiger charge is -2.37. The molecule has 2 aromatic carbocycles. The molecule has 0 spiro atoms. The highest BCUT2D eigenvalue weighted by Gasteiger charge is 2.35. The monoisotopic (exact) mass is 265 g/mol. The molecule has 0 aliphatic heterocycles. The summed E-state index contributed by atoms with van der Waals surface area (Å²) < 4.78 is 0. The van der Waals surface area contributed by atoms with Crippen LogP contribution in [0.2, 0.25) is 0 Å². The zero-order valence-electron chi connectivity index (χ0n) is 12.7. The Labute approximate surface area is 121 Å². The first-order chi connectivity index (χ1) is 9.52. The standard InChI is InChI=1S/C19H23N/c1-13-11-15(3)18(12-14(13)2)19(20)10-6-8-16-7-4-5-9-17(16)19/h4-5,7,9,11-12H,6,8,10,20H2,1-3H3. The first-order valence-electron chi connectivity index (χ1n) is 7.48. The number of rotatable bonds is 1. The molecule has 1 unspecified atom stereocenters. The molecule has 0 fully saturated rings. The highest BCUT2D eigenvalue weighted by Crippen LogP contribution is 2.40. The van der Waals surface area contributed by atoms with Crippen LogP contribution in [-0.4, -0.2) is 0 Å². The van der Waals surface area contributed by atoms with Gasteiger partial charge in [0.15, 0.2) is 0 Å². The van der Waals surface area contributed by atoms with Crippen molar-refractivity contribution in [2.45, 2.75) is 45.6 Å². The van der Waals surface area contributed by atoms with Gasteiger partial charge in [-0.2, -0.15) is 0 Å². The Hall–Kier alpha value is -1.60. The maximum Gasteiger partial charge on any atom is 0.0671 e. The van der Waals surface area contributed by atoms with Crippen molar-refractivity contribution in [3.63, 3.8) is 0 Å². The minimum absolute atomic E-state index is 0.322. The molecule has 0 aromatic heterocycles. The van der Waals surface area contributed by atoms with Crippen molar-refractivity contribution < 1.29 is 0 Å². The van der Waals surface area contributed by atoms with E-state index in [1.54, 1.807) is 0 Å². The molecule has 0 saturated heterocycles. The maximum absolute atomic E-state index is 6.91. The van der Waals surface area contributed by atoms with E-state index in [-0.39, 0.29) is 5.54 Å². The molecule has 0 radical (unpaired) electrons. The van der Waals surface area contributed by atoms with Crippen LogP contribution in [0.1, 0.15) is 46.2 Å². The lowest BCUT2D eigenvalue weighted by Crippen LogP contribution is -2.41. The summed E-state index contributed by atoms with van der Waals surface area (Å²) >= 11 is 0. The van der Waals surface area contributed by atoms with Gasteiger partial charge < -0.3 is 5.73 Å². The Morgan fingerprint density at radius 1 is 0.900 bits per heavy atom. The summed E-state index contributed by atoms with van der Waals surface area (Å²) in [6, 6.07) is 13.2. The van der Waals surface area contributed by atoms with Crippen molar-refractivity contribution in [1.29, 1.82) is 0 Å². The molecule has 0 bridgehead atoms. The van der Waals surface area contributed by atoms with E-state index in [4.69, 9.17) is 5.73 Å². The van der Waals surface area contributed by atoms with E-state index in [2.05, 4.69) is 57.2 Å². The van der Waals surface area contributed by atoms with E-state index in [0.717, 1.165) is 12.8 Å². The van der Waals surface area contributed by atoms with Gasteiger partial charge in [-0.05, 0) is 73.4 Å². The molecular weight excluding hydrogens is 242 g/mol. The lowest BCUT2D eigenvalue weighted by molar-refractivity contribution is 0.440. The van der Waals surface area contributed by atoms with Gasteiger partial charge >= 0.3 is 0 Å². The highest BCUT2D eigenvalue weighted by atomic mass is 14.8. The summed E-state index contributed by atoms with van der Waals surface area (Å²) in [5.74, 6) is 0. The smallest absolute Gasteiger partial charge is 0.0671 e. The van der Waals surface area contributed by atoms with Gasteiger partial charge in [0, 0.05) is 0 Å². The number of fused-ring (bicyclic) bond motifs is 1. The Morgan fingerprint density at radius 2 is 1.60 bits per heavy atom. The van der Waals surface area contributed by atoms with E-state index in [1.807, 2.05) is 0 Å². The molecule has 2 N–H and O–H groups in total. The van der Waals surface area contributed by atoms with Crippen LogP contribution in [-0.2, 0) is 12.0 Å².